The second-order valence-corrected chi connectivity index (χ2v) is 3.49. The van der Waals surface area contributed by atoms with Gasteiger partial charge in [0.25, 0.3) is 0 Å². The van der Waals surface area contributed by atoms with Gasteiger partial charge in [-0.15, -0.1) is 0 Å². The van der Waals surface area contributed by atoms with Crippen molar-refractivity contribution in [3.63, 3.8) is 0 Å². The number of hydrogen-bond donors (Lipinski definition) is 0. The van der Waals surface area contributed by atoms with Crippen LogP contribution >= 0.6 is 0 Å². The molecule has 0 N–H and O–H groups in total. The Morgan fingerprint density at radius 3 is 2.19 bits per heavy atom. The van der Waals surface area contributed by atoms with Crippen molar-refractivity contribution in [1.29, 1.82) is 0 Å². The molecule has 0 atom stereocenters. The van der Waals surface area contributed by atoms with Crippen molar-refractivity contribution in [3.05, 3.63) is 23.3 Å². The highest BCUT2D eigenvalue weighted by atomic mass is 19.1. The summed E-state index contributed by atoms with van der Waals surface area (Å²) in [6, 6.07) is 3.21. The highest BCUT2D eigenvalue weighted by molar-refractivity contribution is 5.79. The standard InChI is InChI=1S/C12H15FO3/c1-8(14)4-9-5-10(7-13)12(16-3)6-11(9)15-2/h5-6H,4,7H2,1-3H3. The van der Waals surface area contributed by atoms with Crippen LogP contribution in [0, 0.1) is 0 Å². The first kappa shape index (κ1) is 12.5. The minimum absolute atomic E-state index is 0.00766. The fourth-order valence-electron chi connectivity index (χ4n) is 1.55. The molecule has 88 valence electrons. The van der Waals surface area contributed by atoms with E-state index in [9.17, 15) is 9.18 Å². The number of hydrogen-bond acceptors (Lipinski definition) is 3. The third kappa shape index (κ3) is 2.72. The van der Waals surface area contributed by atoms with Gasteiger partial charge in [-0.05, 0) is 13.0 Å². The van der Waals surface area contributed by atoms with Crippen LogP contribution in [0.2, 0.25) is 0 Å². The van der Waals surface area contributed by atoms with Gasteiger partial charge < -0.3 is 9.47 Å². The molecule has 0 aliphatic rings. The van der Waals surface area contributed by atoms with Crippen LogP contribution in [-0.2, 0) is 17.9 Å². The molecule has 0 fully saturated rings. The van der Waals surface area contributed by atoms with Gasteiger partial charge in [-0.2, -0.15) is 0 Å². The average Bonchev–Trinajstić information content (AvgIpc) is 2.27. The van der Waals surface area contributed by atoms with E-state index in [2.05, 4.69) is 0 Å². The molecular weight excluding hydrogens is 211 g/mol. The number of benzene rings is 1. The summed E-state index contributed by atoms with van der Waals surface area (Å²) in [6.45, 7) is 0.858. The Morgan fingerprint density at radius 2 is 1.75 bits per heavy atom. The molecule has 0 aromatic heterocycles. The van der Waals surface area contributed by atoms with Gasteiger partial charge in [0.2, 0.25) is 0 Å². The van der Waals surface area contributed by atoms with Gasteiger partial charge in [-0.3, -0.25) is 4.79 Å². The number of alkyl halides is 1. The van der Waals surface area contributed by atoms with Crippen LogP contribution < -0.4 is 9.47 Å². The van der Waals surface area contributed by atoms with E-state index < -0.39 is 6.67 Å². The molecule has 0 heterocycles. The molecule has 0 saturated heterocycles. The number of halogens is 1. The lowest BCUT2D eigenvalue weighted by atomic mass is 10.0. The summed E-state index contributed by atoms with van der Waals surface area (Å²) in [5.41, 5.74) is 1.11. The Morgan fingerprint density at radius 1 is 1.19 bits per heavy atom. The SMILES string of the molecule is COc1cc(OC)c(CC(C)=O)cc1CF. The molecule has 1 aromatic rings. The van der Waals surface area contributed by atoms with Gasteiger partial charge in [0, 0.05) is 23.6 Å². The lowest BCUT2D eigenvalue weighted by molar-refractivity contribution is -0.116. The predicted octanol–water partition coefficient (Wildman–Crippen LogP) is 2.30. The number of Topliss-reactive ketones (excluding diaryl/α,β-unsaturated/α-hetero) is 1. The summed E-state index contributed by atoms with van der Waals surface area (Å²) in [5.74, 6) is 0.990. The molecule has 0 aliphatic carbocycles. The molecular formula is C12H15FO3. The molecule has 0 radical (unpaired) electrons. The van der Waals surface area contributed by atoms with E-state index in [0.29, 0.717) is 22.6 Å². The van der Waals surface area contributed by atoms with E-state index in [1.54, 1.807) is 12.1 Å². The Hall–Kier alpha value is -1.58. The first-order chi connectivity index (χ1) is 7.62. The van der Waals surface area contributed by atoms with E-state index in [-0.39, 0.29) is 12.2 Å². The van der Waals surface area contributed by atoms with E-state index in [4.69, 9.17) is 9.47 Å². The van der Waals surface area contributed by atoms with Crippen LogP contribution in [0.1, 0.15) is 18.1 Å². The quantitative estimate of drug-likeness (QED) is 0.772. The van der Waals surface area contributed by atoms with E-state index in [0.717, 1.165) is 0 Å². The zero-order chi connectivity index (χ0) is 12.1. The zero-order valence-electron chi connectivity index (χ0n) is 9.67. The van der Waals surface area contributed by atoms with Crippen molar-refractivity contribution in [2.75, 3.05) is 14.2 Å². The van der Waals surface area contributed by atoms with Crippen LogP contribution in [-0.4, -0.2) is 20.0 Å². The van der Waals surface area contributed by atoms with Gasteiger partial charge in [-0.1, -0.05) is 0 Å². The van der Waals surface area contributed by atoms with Gasteiger partial charge in [0.05, 0.1) is 14.2 Å². The summed E-state index contributed by atoms with van der Waals surface area (Å²) in [6.07, 6.45) is 0.236. The lowest BCUT2D eigenvalue weighted by Gasteiger charge is -2.12. The van der Waals surface area contributed by atoms with Crippen molar-refractivity contribution in [2.45, 2.75) is 20.0 Å². The van der Waals surface area contributed by atoms with Crippen LogP contribution in [0.3, 0.4) is 0 Å². The van der Waals surface area contributed by atoms with Crippen molar-refractivity contribution >= 4 is 5.78 Å². The molecule has 1 aromatic carbocycles. The Labute approximate surface area is 94.2 Å². The average molecular weight is 226 g/mol. The van der Waals surface area contributed by atoms with Crippen molar-refractivity contribution in [1.82, 2.24) is 0 Å². The molecule has 0 aliphatic heterocycles. The molecule has 0 unspecified atom stereocenters. The second kappa shape index (κ2) is 5.49. The molecule has 16 heavy (non-hydrogen) atoms. The largest absolute Gasteiger partial charge is 0.496 e. The van der Waals surface area contributed by atoms with E-state index in [1.807, 2.05) is 0 Å². The minimum atomic E-state index is -0.627. The van der Waals surface area contributed by atoms with Crippen LogP contribution in [0.25, 0.3) is 0 Å². The summed E-state index contributed by atoms with van der Waals surface area (Å²) in [7, 11) is 2.98. The Kier molecular flexibility index (Phi) is 4.28. The van der Waals surface area contributed by atoms with Crippen molar-refractivity contribution in [3.8, 4) is 11.5 Å². The molecule has 0 bridgehead atoms. The van der Waals surface area contributed by atoms with E-state index in [1.165, 1.54) is 21.1 Å². The molecule has 1 rings (SSSR count). The van der Waals surface area contributed by atoms with Gasteiger partial charge >= 0.3 is 0 Å². The lowest BCUT2D eigenvalue weighted by Crippen LogP contribution is -2.02. The Bertz CT molecular complexity index is 388. The maximum Gasteiger partial charge on any atom is 0.134 e. The fourth-order valence-corrected chi connectivity index (χ4v) is 1.55. The number of methoxy groups -OCH3 is 2. The number of ketones is 1. The van der Waals surface area contributed by atoms with Gasteiger partial charge in [0.15, 0.2) is 0 Å². The first-order valence-corrected chi connectivity index (χ1v) is 4.91. The van der Waals surface area contributed by atoms with Crippen LogP contribution in [0.5, 0.6) is 11.5 Å². The predicted molar refractivity (Wildman–Crippen MR) is 58.7 cm³/mol. The highest BCUT2D eigenvalue weighted by Crippen LogP contribution is 2.30. The van der Waals surface area contributed by atoms with Crippen LogP contribution in [0.15, 0.2) is 12.1 Å². The third-order valence-electron chi connectivity index (χ3n) is 2.27. The number of ether oxygens (including phenoxy) is 2. The molecule has 0 amide bonds. The fraction of sp³-hybridized carbons (Fsp3) is 0.417. The maximum absolute atomic E-state index is 12.7. The zero-order valence-corrected chi connectivity index (χ0v) is 9.67. The second-order valence-electron chi connectivity index (χ2n) is 3.49. The molecule has 0 saturated carbocycles. The van der Waals surface area contributed by atoms with Gasteiger partial charge in [-0.25, -0.2) is 4.39 Å². The molecule has 0 spiro atoms. The summed E-state index contributed by atoms with van der Waals surface area (Å²) in [5, 5.41) is 0. The molecule has 3 nitrogen and oxygen atoms in total. The van der Waals surface area contributed by atoms with Crippen molar-refractivity contribution in [2.24, 2.45) is 0 Å². The first-order valence-electron chi connectivity index (χ1n) is 4.91. The third-order valence-corrected chi connectivity index (χ3v) is 2.27. The number of carbonyl (C=O) groups is 1. The Balaban J connectivity index is 3.20. The summed E-state index contributed by atoms with van der Waals surface area (Å²) < 4.78 is 22.9. The number of carbonyl (C=O) groups excluding carboxylic acids is 1. The maximum atomic E-state index is 12.7. The van der Waals surface area contributed by atoms with Crippen LogP contribution in [0.4, 0.5) is 4.39 Å². The normalized spacial score (nSPS) is 10.0. The monoisotopic (exact) mass is 226 g/mol. The summed E-state index contributed by atoms with van der Waals surface area (Å²) in [4.78, 5) is 11.1. The van der Waals surface area contributed by atoms with Crippen molar-refractivity contribution < 1.29 is 18.7 Å². The topological polar surface area (TPSA) is 35.5 Å². The number of rotatable bonds is 5. The van der Waals surface area contributed by atoms with E-state index >= 15 is 0 Å². The van der Waals surface area contributed by atoms with Gasteiger partial charge in [0.1, 0.15) is 24.0 Å². The summed E-state index contributed by atoms with van der Waals surface area (Å²) >= 11 is 0. The minimum Gasteiger partial charge on any atom is -0.496 e. The molecule has 4 heteroatoms. The smallest absolute Gasteiger partial charge is 0.134 e. The highest BCUT2D eigenvalue weighted by Gasteiger charge is 2.12.